The number of hydrogen-bond donors (Lipinski definition) is 0. The molecular weight excluding hydrogens is 398 g/mol. The fourth-order valence-corrected chi connectivity index (χ4v) is 4.47. The number of nitrogens with zero attached hydrogens (tertiary/aromatic N) is 3. The van der Waals surface area contributed by atoms with Gasteiger partial charge in [-0.15, -0.1) is 0 Å². The molecule has 0 spiro atoms. The largest absolute Gasteiger partial charge is 0.332 e. The zero-order valence-electron chi connectivity index (χ0n) is 19.8. The first-order chi connectivity index (χ1) is 15.5. The number of para-hydroxylation sites is 1. The SMILES string of the molecule is CCCCCN(C(=O)C(CC)c1ccccc1)C(CC)c1nc2ccccc2c(=O)n1C. The average molecular weight is 434 g/mol. The van der Waals surface area contributed by atoms with Crippen LogP contribution in [0, 0.1) is 0 Å². The smallest absolute Gasteiger partial charge is 0.261 e. The number of carbonyl (C=O) groups is 1. The summed E-state index contributed by atoms with van der Waals surface area (Å²) in [5.74, 6) is 0.567. The van der Waals surface area contributed by atoms with Crippen molar-refractivity contribution in [3.63, 3.8) is 0 Å². The van der Waals surface area contributed by atoms with Crippen LogP contribution < -0.4 is 5.56 Å². The summed E-state index contributed by atoms with van der Waals surface area (Å²) < 4.78 is 1.63. The van der Waals surface area contributed by atoms with Crippen LogP contribution in [0.1, 0.15) is 76.2 Å². The maximum Gasteiger partial charge on any atom is 0.261 e. The maximum atomic E-state index is 13.9. The van der Waals surface area contributed by atoms with E-state index in [0.717, 1.165) is 31.2 Å². The number of rotatable bonds is 10. The van der Waals surface area contributed by atoms with E-state index in [1.807, 2.05) is 59.5 Å². The minimum absolute atomic E-state index is 0.0693. The molecule has 0 saturated carbocycles. The molecule has 5 heteroatoms. The summed E-state index contributed by atoms with van der Waals surface area (Å²) in [6.07, 6.45) is 4.51. The Hall–Kier alpha value is -2.95. The van der Waals surface area contributed by atoms with Gasteiger partial charge in [-0.25, -0.2) is 4.98 Å². The molecule has 3 rings (SSSR count). The van der Waals surface area contributed by atoms with Crippen LogP contribution in [-0.4, -0.2) is 26.9 Å². The Kier molecular flexibility index (Phi) is 8.20. The van der Waals surface area contributed by atoms with Crippen molar-refractivity contribution in [3.05, 3.63) is 76.3 Å². The van der Waals surface area contributed by atoms with E-state index in [-0.39, 0.29) is 23.4 Å². The molecule has 1 aromatic heterocycles. The second-order valence-electron chi connectivity index (χ2n) is 8.39. The molecule has 2 atom stereocenters. The molecule has 2 unspecified atom stereocenters. The molecule has 2 aromatic carbocycles. The third kappa shape index (κ3) is 4.93. The van der Waals surface area contributed by atoms with Crippen LogP contribution in [0.4, 0.5) is 0 Å². The van der Waals surface area contributed by atoms with Crippen molar-refractivity contribution < 1.29 is 4.79 Å². The molecule has 170 valence electrons. The molecule has 0 aliphatic rings. The lowest BCUT2D eigenvalue weighted by Gasteiger charge is -2.34. The topological polar surface area (TPSA) is 55.2 Å². The lowest BCUT2D eigenvalue weighted by Crippen LogP contribution is -2.41. The molecular formula is C27H35N3O2. The first-order valence-electron chi connectivity index (χ1n) is 11.8. The first kappa shape index (κ1) is 23.7. The number of benzene rings is 2. The molecule has 0 fully saturated rings. The van der Waals surface area contributed by atoms with E-state index in [2.05, 4.69) is 20.8 Å². The second-order valence-corrected chi connectivity index (χ2v) is 8.39. The fraction of sp³-hybridized carbons (Fsp3) is 0.444. The van der Waals surface area contributed by atoms with E-state index in [0.29, 0.717) is 29.7 Å². The van der Waals surface area contributed by atoms with Crippen molar-refractivity contribution in [1.82, 2.24) is 14.5 Å². The van der Waals surface area contributed by atoms with Gasteiger partial charge in [0.15, 0.2) is 0 Å². The highest BCUT2D eigenvalue weighted by Crippen LogP contribution is 2.30. The van der Waals surface area contributed by atoms with E-state index in [9.17, 15) is 9.59 Å². The highest BCUT2D eigenvalue weighted by atomic mass is 16.2. The summed E-state index contributed by atoms with van der Waals surface area (Å²) in [6.45, 7) is 6.95. The Morgan fingerprint density at radius 3 is 2.31 bits per heavy atom. The molecule has 5 nitrogen and oxygen atoms in total. The maximum absolute atomic E-state index is 13.9. The van der Waals surface area contributed by atoms with E-state index >= 15 is 0 Å². The van der Waals surface area contributed by atoms with Gasteiger partial charge in [0, 0.05) is 13.6 Å². The highest BCUT2D eigenvalue weighted by molar-refractivity contribution is 5.84. The predicted molar refractivity (Wildman–Crippen MR) is 131 cm³/mol. The van der Waals surface area contributed by atoms with Gasteiger partial charge in [-0.2, -0.15) is 0 Å². The van der Waals surface area contributed by atoms with Crippen LogP contribution in [-0.2, 0) is 11.8 Å². The monoisotopic (exact) mass is 433 g/mol. The van der Waals surface area contributed by atoms with Gasteiger partial charge in [0.05, 0.1) is 22.9 Å². The summed E-state index contributed by atoms with van der Waals surface area (Å²) in [5, 5.41) is 0.605. The van der Waals surface area contributed by atoms with Gasteiger partial charge >= 0.3 is 0 Å². The standard InChI is InChI=1S/C27H35N3O2/c1-5-8-14-19-30(27(32)21(6-2)20-15-10-9-11-16-20)24(7-3)25-28-23-18-13-12-17-22(23)26(31)29(25)4/h9-13,15-18,21,24H,5-8,14,19H2,1-4H3. The number of fused-ring (bicyclic) bond motifs is 1. The number of aromatic nitrogens is 2. The van der Waals surface area contributed by atoms with Crippen molar-refractivity contribution >= 4 is 16.8 Å². The minimum Gasteiger partial charge on any atom is -0.332 e. The van der Waals surface area contributed by atoms with Gasteiger partial charge in [0.25, 0.3) is 5.56 Å². The van der Waals surface area contributed by atoms with Gasteiger partial charge in [-0.05, 0) is 37.0 Å². The number of amides is 1. The fourth-order valence-electron chi connectivity index (χ4n) is 4.47. The van der Waals surface area contributed by atoms with Gasteiger partial charge in [0.1, 0.15) is 5.82 Å². The van der Waals surface area contributed by atoms with Crippen molar-refractivity contribution in [1.29, 1.82) is 0 Å². The molecule has 32 heavy (non-hydrogen) atoms. The van der Waals surface area contributed by atoms with Crippen molar-refractivity contribution in [3.8, 4) is 0 Å². The average Bonchev–Trinajstić information content (AvgIpc) is 2.82. The van der Waals surface area contributed by atoms with Crippen LogP contribution in [0.2, 0.25) is 0 Å². The zero-order chi connectivity index (χ0) is 23.1. The predicted octanol–water partition coefficient (Wildman–Crippen LogP) is 5.60. The molecule has 0 radical (unpaired) electrons. The Balaban J connectivity index is 2.07. The minimum atomic E-state index is -0.251. The molecule has 0 bridgehead atoms. The lowest BCUT2D eigenvalue weighted by molar-refractivity contribution is -0.136. The Morgan fingerprint density at radius 2 is 1.66 bits per heavy atom. The zero-order valence-corrected chi connectivity index (χ0v) is 19.8. The third-order valence-electron chi connectivity index (χ3n) is 6.27. The Bertz CT molecular complexity index is 1090. The lowest BCUT2D eigenvalue weighted by atomic mass is 9.93. The molecule has 0 N–H and O–H groups in total. The van der Waals surface area contributed by atoms with Crippen molar-refractivity contribution in [2.75, 3.05) is 6.54 Å². The van der Waals surface area contributed by atoms with Crippen LogP contribution >= 0.6 is 0 Å². The van der Waals surface area contributed by atoms with Crippen LogP contribution in [0.3, 0.4) is 0 Å². The highest BCUT2D eigenvalue weighted by Gasteiger charge is 2.31. The Morgan fingerprint density at radius 1 is 0.969 bits per heavy atom. The number of unbranched alkanes of at least 4 members (excludes halogenated alkanes) is 2. The molecule has 1 amide bonds. The summed E-state index contributed by atoms with van der Waals surface area (Å²) >= 11 is 0. The van der Waals surface area contributed by atoms with Gasteiger partial charge < -0.3 is 4.90 Å². The number of carbonyl (C=O) groups excluding carboxylic acids is 1. The van der Waals surface area contributed by atoms with Gasteiger partial charge in [-0.1, -0.05) is 76.1 Å². The summed E-state index contributed by atoms with van der Waals surface area (Å²) in [4.78, 5) is 33.8. The molecule has 3 aromatic rings. The van der Waals surface area contributed by atoms with Crippen LogP contribution in [0.25, 0.3) is 10.9 Å². The quantitative estimate of drug-likeness (QED) is 0.391. The summed E-state index contributed by atoms with van der Waals surface area (Å²) in [7, 11) is 1.77. The third-order valence-corrected chi connectivity index (χ3v) is 6.27. The number of hydrogen-bond acceptors (Lipinski definition) is 3. The van der Waals surface area contributed by atoms with Gasteiger partial charge in [-0.3, -0.25) is 14.2 Å². The van der Waals surface area contributed by atoms with Crippen LogP contribution in [0.5, 0.6) is 0 Å². The first-order valence-corrected chi connectivity index (χ1v) is 11.8. The van der Waals surface area contributed by atoms with Crippen LogP contribution in [0.15, 0.2) is 59.4 Å². The normalized spacial score (nSPS) is 13.1. The van der Waals surface area contributed by atoms with Gasteiger partial charge in [0.2, 0.25) is 5.91 Å². The molecule has 0 aliphatic heterocycles. The Labute approximate surface area is 191 Å². The molecule has 0 saturated heterocycles. The van der Waals surface area contributed by atoms with E-state index in [4.69, 9.17) is 4.98 Å². The molecule has 1 heterocycles. The molecule has 0 aliphatic carbocycles. The summed E-state index contributed by atoms with van der Waals surface area (Å²) in [5.41, 5.74) is 1.65. The second kappa shape index (κ2) is 11.1. The summed E-state index contributed by atoms with van der Waals surface area (Å²) in [6, 6.07) is 17.2. The van der Waals surface area contributed by atoms with E-state index < -0.39 is 0 Å². The van der Waals surface area contributed by atoms with Crippen molar-refractivity contribution in [2.45, 2.75) is 64.8 Å². The van der Waals surface area contributed by atoms with Crippen molar-refractivity contribution in [2.24, 2.45) is 7.05 Å². The van der Waals surface area contributed by atoms with E-state index in [1.165, 1.54) is 0 Å². The van der Waals surface area contributed by atoms with E-state index in [1.54, 1.807) is 11.6 Å².